The van der Waals surface area contributed by atoms with Gasteiger partial charge in [0.15, 0.2) is 17.2 Å². The highest BCUT2D eigenvalue weighted by atomic mass is 35.5. The van der Waals surface area contributed by atoms with Crippen molar-refractivity contribution >= 4 is 52.2 Å². The number of primary amides is 1. The van der Waals surface area contributed by atoms with Crippen molar-refractivity contribution in [1.29, 1.82) is 0 Å². The van der Waals surface area contributed by atoms with Gasteiger partial charge in [-0.2, -0.15) is 4.37 Å². The summed E-state index contributed by atoms with van der Waals surface area (Å²) in [5.74, 6) is -1.31. The van der Waals surface area contributed by atoms with Crippen molar-refractivity contribution in [2.75, 3.05) is 24.9 Å². The molecule has 0 spiro atoms. The third-order valence-corrected chi connectivity index (χ3v) is 7.20. The van der Waals surface area contributed by atoms with Gasteiger partial charge in [0.05, 0.1) is 30.6 Å². The molecule has 1 heterocycles. The number of anilines is 2. The number of benzene rings is 3. The first-order chi connectivity index (χ1) is 19.3. The lowest BCUT2D eigenvalue weighted by atomic mass is 10.0. The van der Waals surface area contributed by atoms with Gasteiger partial charge in [0.1, 0.15) is 10.9 Å². The number of para-hydroxylation sites is 1. The normalized spacial score (nSPS) is 11.4. The quantitative estimate of drug-likeness (QED) is 0.255. The lowest BCUT2D eigenvalue weighted by Gasteiger charge is -2.32. The van der Waals surface area contributed by atoms with Crippen LogP contribution >= 0.6 is 23.1 Å². The fraction of sp³-hybridized carbons (Fsp3) is 0.143. The molecule has 4 aromatic rings. The molecular weight excluding hydrogens is 554 g/mol. The summed E-state index contributed by atoms with van der Waals surface area (Å²) in [6, 6.07) is 19.5. The summed E-state index contributed by atoms with van der Waals surface area (Å²) in [5, 5.41) is 3.12. The van der Waals surface area contributed by atoms with Gasteiger partial charge in [-0.05, 0) is 46.9 Å². The first-order valence-electron chi connectivity index (χ1n) is 11.9. The van der Waals surface area contributed by atoms with Crippen LogP contribution in [0.15, 0.2) is 72.8 Å². The third kappa shape index (κ3) is 5.85. The Hall–Kier alpha value is -4.61. The molecule has 1 aromatic heterocycles. The van der Waals surface area contributed by atoms with Crippen LogP contribution in [-0.4, -0.2) is 36.3 Å². The van der Waals surface area contributed by atoms with Crippen LogP contribution in [0, 0.1) is 0 Å². The Morgan fingerprint density at radius 1 is 1.00 bits per heavy atom. The van der Waals surface area contributed by atoms with Gasteiger partial charge in [0, 0.05) is 6.54 Å². The molecule has 3 aromatic carbocycles. The van der Waals surface area contributed by atoms with Crippen LogP contribution in [0.3, 0.4) is 0 Å². The van der Waals surface area contributed by atoms with Crippen LogP contribution in [0.5, 0.6) is 11.5 Å². The highest BCUT2D eigenvalue weighted by Crippen LogP contribution is 2.39. The molecule has 0 bridgehead atoms. The standard InChI is InChI=1S/C28H26ClN5O5S/c1-38-20-13-12-17(14-21(20)39-2)24(27(36)32-15-16-8-4-3-5-9-16)34(19-11-7-6-10-18(19)29)28(37)25-22(30)23(26(31)35)33-40-25/h3-14,24H,15,30H2,1-2H3,(H2,31,35)(H,32,36)/t24-/m0/s1. The molecule has 0 saturated carbocycles. The van der Waals surface area contributed by atoms with Crippen molar-refractivity contribution in [2.45, 2.75) is 12.6 Å². The van der Waals surface area contributed by atoms with E-state index in [-0.39, 0.29) is 33.5 Å². The largest absolute Gasteiger partial charge is 0.493 e. The molecule has 206 valence electrons. The van der Waals surface area contributed by atoms with E-state index in [1.54, 1.807) is 42.5 Å². The topological polar surface area (TPSA) is 150 Å². The van der Waals surface area contributed by atoms with E-state index in [0.29, 0.717) is 28.6 Å². The van der Waals surface area contributed by atoms with Crippen molar-refractivity contribution < 1.29 is 23.9 Å². The van der Waals surface area contributed by atoms with E-state index in [1.165, 1.54) is 19.1 Å². The molecular formula is C28H26ClN5O5S. The monoisotopic (exact) mass is 579 g/mol. The van der Waals surface area contributed by atoms with Gasteiger partial charge < -0.3 is 26.3 Å². The molecule has 0 aliphatic rings. The molecule has 0 saturated heterocycles. The number of amides is 3. The van der Waals surface area contributed by atoms with Crippen molar-refractivity contribution in [2.24, 2.45) is 5.73 Å². The number of methoxy groups -OCH3 is 2. The molecule has 4 rings (SSSR count). The number of hydrogen-bond donors (Lipinski definition) is 3. The minimum Gasteiger partial charge on any atom is -0.493 e. The van der Waals surface area contributed by atoms with Crippen LogP contribution in [0.1, 0.15) is 37.3 Å². The number of rotatable bonds is 10. The first kappa shape index (κ1) is 28.4. The second-order valence-electron chi connectivity index (χ2n) is 8.49. The van der Waals surface area contributed by atoms with Crippen molar-refractivity contribution in [3.63, 3.8) is 0 Å². The number of nitrogens with two attached hydrogens (primary N) is 2. The Labute approximate surface area is 239 Å². The Balaban J connectivity index is 1.89. The molecule has 5 N–H and O–H groups in total. The molecule has 3 amide bonds. The summed E-state index contributed by atoms with van der Waals surface area (Å²) >= 11 is 7.28. The lowest BCUT2D eigenvalue weighted by molar-refractivity contribution is -0.122. The number of hydrogen-bond acceptors (Lipinski definition) is 8. The van der Waals surface area contributed by atoms with E-state index in [0.717, 1.165) is 5.56 Å². The maximum atomic E-state index is 14.2. The molecule has 0 aliphatic heterocycles. The van der Waals surface area contributed by atoms with E-state index < -0.39 is 23.8 Å². The van der Waals surface area contributed by atoms with Gasteiger partial charge in [-0.1, -0.05) is 60.1 Å². The van der Waals surface area contributed by atoms with Crippen molar-refractivity contribution in [3.05, 3.63) is 99.5 Å². The van der Waals surface area contributed by atoms with Gasteiger partial charge in [-0.15, -0.1) is 0 Å². The number of carbonyl (C=O) groups excluding carboxylic acids is 3. The zero-order valence-electron chi connectivity index (χ0n) is 21.6. The predicted molar refractivity (Wildman–Crippen MR) is 154 cm³/mol. The zero-order chi connectivity index (χ0) is 28.8. The Morgan fingerprint density at radius 3 is 2.30 bits per heavy atom. The van der Waals surface area contributed by atoms with Gasteiger partial charge in [-0.3, -0.25) is 19.3 Å². The average Bonchev–Trinajstić information content (AvgIpc) is 3.36. The number of ether oxygens (including phenoxy) is 2. The molecule has 40 heavy (non-hydrogen) atoms. The van der Waals surface area contributed by atoms with E-state index in [9.17, 15) is 14.4 Å². The minimum atomic E-state index is -1.26. The third-order valence-electron chi connectivity index (χ3n) is 6.03. The summed E-state index contributed by atoms with van der Waals surface area (Å²) in [6.07, 6.45) is 0. The van der Waals surface area contributed by atoms with Crippen LogP contribution in [0.4, 0.5) is 11.4 Å². The molecule has 0 aliphatic carbocycles. The number of halogens is 1. The molecule has 1 atom stereocenters. The highest BCUT2D eigenvalue weighted by molar-refractivity contribution is 7.09. The molecule has 0 fully saturated rings. The van der Waals surface area contributed by atoms with Gasteiger partial charge >= 0.3 is 0 Å². The molecule has 0 unspecified atom stereocenters. The van der Waals surface area contributed by atoms with Gasteiger partial charge in [-0.25, -0.2) is 0 Å². The van der Waals surface area contributed by atoms with Crippen LogP contribution in [0.25, 0.3) is 0 Å². The fourth-order valence-electron chi connectivity index (χ4n) is 4.07. The summed E-state index contributed by atoms with van der Waals surface area (Å²) in [7, 11) is 2.95. The number of nitrogens with one attached hydrogen (secondary N) is 1. The van der Waals surface area contributed by atoms with E-state index >= 15 is 0 Å². The molecule has 10 nitrogen and oxygen atoms in total. The number of nitrogen functional groups attached to an aromatic ring is 1. The Kier molecular flexibility index (Phi) is 8.87. The number of nitrogens with zero attached hydrogens (tertiary/aromatic N) is 2. The lowest BCUT2D eigenvalue weighted by Crippen LogP contribution is -2.44. The van der Waals surface area contributed by atoms with E-state index in [1.807, 2.05) is 30.3 Å². The van der Waals surface area contributed by atoms with Crippen molar-refractivity contribution in [3.8, 4) is 11.5 Å². The summed E-state index contributed by atoms with van der Waals surface area (Å²) < 4.78 is 14.8. The Morgan fingerprint density at radius 2 is 1.68 bits per heavy atom. The maximum absolute atomic E-state index is 14.2. The predicted octanol–water partition coefficient (Wildman–Crippen LogP) is 4.20. The van der Waals surface area contributed by atoms with E-state index in [2.05, 4.69) is 9.69 Å². The number of aromatic nitrogens is 1. The summed E-state index contributed by atoms with van der Waals surface area (Å²) in [6.45, 7) is 0.197. The SMILES string of the molecule is COc1ccc([C@@H](C(=O)NCc2ccccc2)N(C(=O)c2snc(C(N)=O)c2N)c2ccccc2Cl)cc1OC. The van der Waals surface area contributed by atoms with Crippen LogP contribution in [0.2, 0.25) is 5.02 Å². The highest BCUT2D eigenvalue weighted by Gasteiger charge is 2.37. The number of carbonyl (C=O) groups is 3. The maximum Gasteiger partial charge on any atom is 0.273 e. The zero-order valence-corrected chi connectivity index (χ0v) is 23.2. The van der Waals surface area contributed by atoms with Crippen molar-refractivity contribution in [1.82, 2.24) is 9.69 Å². The second kappa shape index (κ2) is 12.5. The first-order valence-corrected chi connectivity index (χ1v) is 13.1. The molecule has 12 heteroatoms. The summed E-state index contributed by atoms with van der Waals surface area (Å²) in [5.41, 5.74) is 12.6. The fourth-order valence-corrected chi connectivity index (χ4v) is 5.04. The van der Waals surface area contributed by atoms with Crippen LogP contribution in [-0.2, 0) is 11.3 Å². The van der Waals surface area contributed by atoms with Gasteiger partial charge in [0.2, 0.25) is 5.91 Å². The smallest absolute Gasteiger partial charge is 0.273 e. The average molecular weight is 580 g/mol. The van der Waals surface area contributed by atoms with Crippen LogP contribution < -0.4 is 31.2 Å². The molecule has 0 radical (unpaired) electrons. The second-order valence-corrected chi connectivity index (χ2v) is 9.67. The minimum absolute atomic E-state index is 0.0740. The van der Waals surface area contributed by atoms with E-state index in [4.69, 9.17) is 32.5 Å². The summed E-state index contributed by atoms with van der Waals surface area (Å²) in [4.78, 5) is 41.2. The van der Waals surface area contributed by atoms with Gasteiger partial charge in [0.25, 0.3) is 11.8 Å². The Bertz CT molecular complexity index is 1550.